The van der Waals surface area contributed by atoms with Crippen molar-refractivity contribution in [3.8, 4) is 5.75 Å². The SMILES string of the molecule is COc1ccc(NC(=O)COC(=O)[C@@H](NC(=O)c2ccccc2Cl)C(C)C)cc1. The summed E-state index contributed by atoms with van der Waals surface area (Å²) in [5.41, 5.74) is 0.796. The average Bonchev–Trinajstić information content (AvgIpc) is 2.70. The van der Waals surface area contributed by atoms with Crippen LogP contribution in [-0.2, 0) is 14.3 Å². The highest BCUT2D eigenvalue weighted by Crippen LogP contribution is 2.16. The van der Waals surface area contributed by atoms with Crippen LogP contribution in [0.1, 0.15) is 24.2 Å². The van der Waals surface area contributed by atoms with Gasteiger partial charge >= 0.3 is 5.97 Å². The summed E-state index contributed by atoms with van der Waals surface area (Å²) in [6.07, 6.45) is 0. The molecule has 1 atom stereocenters. The zero-order chi connectivity index (χ0) is 21.4. The summed E-state index contributed by atoms with van der Waals surface area (Å²) in [6.45, 7) is 3.04. The summed E-state index contributed by atoms with van der Waals surface area (Å²) in [7, 11) is 1.54. The fourth-order valence-corrected chi connectivity index (χ4v) is 2.68. The second kappa shape index (κ2) is 10.5. The molecule has 0 bridgehead atoms. The zero-order valence-electron chi connectivity index (χ0n) is 16.4. The zero-order valence-corrected chi connectivity index (χ0v) is 17.2. The van der Waals surface area contributed by atoms with E-state index in [1.54, 1.807) is 69.5 Å². The lowest BCUT2D eigenvalue weighted by molar-refractivity contribution is -0.150. The van der Waals surface area contributed by atoms with Gasteiger partial charge in [0.25, 0.3) is 11.8 Å². The smallest absolute Gasteiger partial charge is 0.329 e. The first-order chi connectivity index (χ1) is 13.8. The van der Waals surface area contributed by atoms with Crippen LogP contribution in [0.25, 0.3) is 0 Å². The van der Waals surface area contributed by atoms with E-state index in [1.807, 2.05) is 0 Å². The first-order valence-electron chi connectivity index (χ1n) is 8.97. The molecule has 0 unspecified atom stereocenters. The Balaban J connectivity index is 1.92. The summed E-state index contributed by atoms with van der Waals surface area (Å²) < 4.78 is 10.1. The average molecular weight is 419 g/mol. The second-order valence-electron chi connectivity index (χ2n) is 6.56. The van der Waals surface area contributed by atoms with Crippen LogP contribution >= 0.6 is 11.6 Å². The third-order valence-electron chi connectivity index (χ3n) is 4.04. The van der Waals surface area contributed by atoms with Gasteiger partial charge in [-0.15, -0.1) is 0 Å². The van der Waals surface area contributed by atoms with Crippen molar-refractivity contribution in [3.05, 3.63) is 59.1 Å². The van der Waals surface area contributed by atoms with Gasteiger partial charge in [0.2, 0.25) is 0 Å². The molecule has 2 aromatic carbocycles. The van der Waals surface area contributed by atoms with Gasteiger partial charge in [0, 0.05) is 5.69 Å². The van der Waals surface area contributed by atoms with Crippen LogP contribution in [0.2, 0.25) is 5.02 Å². The van der Waals surface area contributed by atoms with Crippen LogP contribution in [0.5, 0.6) is 5.75 Å². The molecule has 7 nitrogen and oxygen atoms in total. The van der Waals surface area contributed by atoms with Crippen LogP contribution < -0.4 is 15.4 Å². The minimum Gasteiger partial charge on any atom is -0.497 e. The third-order valence-corrected chi connectivity index (χ3v) is 4.37. The van der Waals surface area contributed by atoms with E-state index in [1.165, 1.54) is 0 Å². The Morgan fingerprint density at radius 1 is 1.03 bits per heavy atom. The molecule has 0 fully saturated rings. The van der Waals surface area contributed by atoms with Crippen molar-refractivity contribution in [2.45, 2.75) is 19.9 Å². The Hall–Kier alpha value is -3.06. The molecule has 8 heteroatoms. The number of rotatable bonds is 8. The van der Waals surface area contributed by atoms with Crippen molar-refractivity contribution >= 4 is 35.1 Å². The number of carbonyl (C=O) groups is 3. The van der Waals surface area contributed by atoms with E-state index in [0.29, 0.717) is 11.4 Å². The number of amides is 2. The topological polar surface area (TPSA) is 93.7 Å². The first-order valence-corrected chi connectivity index (χ1v) is 9.35. The van der Waals surface area contributed by atoms with E-state index in [0.717, 1.165) is 0 Å². The van der Waals surface area contributed by atoms with E-state index in [-0.39, 0.29) is 16.5 Å². The maximum absolute atomic E-state index is 12.4. The van der Waals surface area contributed by atoms with Gasteiger partial charge in [-0.3, -0.25) is 9.59 Å². The molecule has 2 rings (SSSR count). The van der Waals surface area contributed by atoms with E-state index in [9.17, 15) is 14.4 Å². The van der Waals surface area contributed by atoms with Crippen molar-refractivity contribution < 1.29 is 23.9 Å². The highest BCUT2D eigenvalue weighted by Gasteiger charge is 2.27. The number of nitrogens with one attached hydrogen (secondary N) is 2. The molecule has 29 heavy (non-hydrogen) atoms. The number of carbonyl (C=O) groups excluding carboxylic acids is 3. The van der Waals surface area contributed by atoms with Crippen LogP contribution in [0.4, 0.5) is 5.69 Å². The Labute approximate surface area is 174 Å². The van der Waals surface area contributed by atoms with Gasteiger partial charge in [-0.1, -0.05) is 37.6 Å². The number of esters is 1. The fourth-order valence-electron chi connectivity index (χ4n) is 2.46. The summed E-state index contributed by atoms with van der Waals surface area (Å²) in [6, 6.07) is 12.3. The number of hydrogen-bond donors (Lipinski definition) is 2. The number of benzene rings is 2. The van der Waals surface area contributed by atoms with Crippen molar-refractivity contribution in [2.75, 3.05) is 19.0 Å². The van der Waals surface area contributed by atoms with Crippen molar-refractivity contribution in [3.63, 3.8) is 0 Å². The fraction of sp³-hybridized carbons (Fsp3) is 0.286. The monoisotopic (exact) mass is 418 g/mol. The van der Waals surface area contributed by atoms with E-state index in [4.69, 9.17) is 21.1 Å². The third kappa shape index (κ3) is 6.50. The highest BCUT2D eigenvalue weighted by atomic mass is 35.5. The highest BCUT2D eigenvalue weighted by molar-refractivity contribution is 6.33. The Kier molecular flexibility index (Phi) is 8.03. The minimum absolute atomic E-state index is 0.251. The van der Waals surface area contributed by atoms with Gasteiger partial charge in [0.15, 0.2) is 6.61 Å². The number of anilines is 1. The van der Waals surface area contributed by atoms with Gasteiger partial charge in [-0.2, -0.15) is 0 Å². The Morgan fingerprint density at radius 2 is 1.69 bits per heavy atom. The number of hydrogen-bond acceptors (Lipinski definition) is 5. The van der Waals surface area contributed by atoms with E-state index >= 15 is 0 Å². The predicted octanol–water partition coefficient (Wildman–Crippen LogP) is 3.28. The molecule has 154 valence electrons. The van der Waals surface area contributed by atoms with Gasteiger partial charge in [-0.25, -0.2) is 4.79 Å². The molecule has 0 heterocycles. The summed E-state index contributed by atoms with van der Waals surface area (Å²) in [5, 5.41) is 5.51. The van der Waals surface area contributed by atoms with Gasteiger partial charge in [-0.05, 0) is 42.3 Å². The lowest BCUT2D eigenvalue weighted by Gasteiger charge is -2.21. The maximum Gasteiger partial charge on any atom is 0.329 e. The molecule has 0 radical (unpaired) electrons. The standard InChI is InChI=1S/C21H23ClN2O5/c1-13(2)19(24-20(26)16-6-4-5-7-17(16)22)21(27)29-12-18(25)23-14-8-10-15(28-3)11-9-14/h4-11,13,19H,12H2,1-3H3,(H,23,25)(H,24,26)/t19-/m0/s1. The normalized spacial score (nSPS) is 11.5. The van der Waals surface area contributed by atoms with Crippen LogP contribution in [0.3, 0.4) is 0 Å². The molecular weight excluding hydrogens is 396 g/mol. The molecule has 0 saturated heterocycles. The van der Waals surface area contributed by atoms with Crippen LogP contribution in [-0.4, -0.2) is 37.5 Å². The molecule has 0 aliphatic rings. The minimum atomic E-state index is -0.924. The van der Waals surface area contributed by atoms with E-state index < -0.39 is 30.4 Å². The molecular formula is C21H23ClN2O5. The molecule has 0 aliphatic carbocycles. The molecule has 0 aromatic heterocycles. The maximum atomic E-state index is 12.4. The molecule has 2 aromatic rings. The lowest BCUT2D eigenvalue weighted by atomic mass is 10.0. The van der Waals surface area contributed by atoms with Crippen LogP contribution in [0.15, 0.2) is 48.5 Å². The Morgan fingerprint density at radius 3 is 2.28 bits per heavy atom. The number of halogens is 1. The summed E-state index contributed by atoms with van der Waals surface area (Å²) >= 11 is 6.02. The Bertz CT molecular complexity index is 868. The molecule has 0 spiro atoms. The van der Waals surface area contributed by atoms with Crippen LogP contribution in [0, 0.1) is 5.92 Å². The first kappa shape index (κ1) is 22.2. The van der Waals surface area contributed by atoms with Gasteiger partial charge in [0.05, 0.1) is 17.7 Å². The summed E-state index contributed by atoms with van der Waals surface area (Å²) in [5.74, 6) is -1.29. The number of methoxy groups -OCH3 is 1. The quantitative estimate of drug-likeness (QED) is 0.641. The number of ether oxygens (including phenoxy) is 2. The van der Waals surface area contributed by atoms with E-state index in [2.05, 4.69) is 10.6 Å². The lowest BCUT2D eigenvalue weighted by Crippen LogP contribution is -2.46. The van der Waals surface area contributed by atoms with Gasteiger partial charge < -0.3 is 20.1 Å². The molecule has 2 amide bonds. The molecule has 0 aliphatic heterocycles. The van der Waals surface area contributed by atoms with Crippen molar-refractivity contribution in [1.82, 2.24) is 5.32 Å². The molecule has 2 N–H and O–H groups in total. The second-order valence-corrected chi connectivity index (χ2v) is 6.97. The molecule has 0 saturated carbocycles. The van der Waals surface area contributed by atoms with Crippen molar-refractivity contribution in [2.24, 2.45) is 5.92 Å². The van der Waals surface area contributed by atoms with Gasteiger partial charge in [0.1, 0.15) is 11.8 Å². The summed E-state index contributed by atoms with van der Waals surface area (Å²) in [4.78, 5) is 36.9. The predicted molar refractivity (Wildman–Crippen MR) is 110 cm³/mol. The van der Waals surface area contributed by atoms with Crippen molar-refractivity contribution in [1.29, 1.82) is 0 Å². The largest absolute Gasteiger partial charge is 0.497 e.